The van der Waals surface area contributed by atoms with Crippen molar-refractivity contribution in [3.63, 3.8) is 0 Å². The van der Waals surface area contributed by atoms with Gasteiger partial charge in [-0.15, -0.1) is 0 Å². The summed E-state index contributed by atoms with van der Waals surface area (Å²) in [5.41, 5.74) is -0.873. The number of esters is 1. The minimum Gasteiger partial charge on any atom is -0.461 e. The van der Waals surface area contributed by atoms with Gasteiger partial charge in [-0.25, -0.2) is 0 Å². The molecule has 0 radical (unpaired) electrons. The zero-order valence-corrected chi connectivity index (χ0v) is 10.8. The molecule has 84 valence electrons. The molecule has 0 aromatic rings. The summed E-state index contributed by atoms with van der Waals surface area (Å²) < 4.78 is 5.53. The number of alkyl halides is 1. The molecular formula is C11H15IO3. The minimum atomic E-state index is -0.873. The molecule has 0 saturated heterocycles. The van der Waals surface area contributed by atoms with E-state index in [1.807, 2.05) is 0 Å². The Hall–Kier alpha value is -0.390. The van der Waals surface area contributed by atoms with Crippen molar-refractivity contribution in [3.8, 4) is 0 Å². The van der Waals surface area contributed by atoms with Gasteiger partial charge in [-0.05, 0) is 12.8 Å². The maximum atomic E-state index is 11.8. The largest absolute Gasteiger partial charge is 0.461 e. The van der Waals surface area contributed by atoms with Crippen molar-refractivity contribution in [3.05, 3.63) is 12.7 Å². The molecule has 0 heterocycles. The first kappa shape index (κ1) is 12.7. The van der Waals surface area contributed by atoms with E-state index in [-0.39, 0.29) is 18.4 Å². The number of halogens is 1. The molecule has 0 amide bonds. The molecule has 0 bridgehead atoms. The van der Waals surface area contributed by atoms with Crippen LogP contribution in [0.4, 0.5) is 0 Å². The number of rotatable bonds is 4. The van der Waals surface area contributed by atoms with Crippen LogP contribution in [-0.4, -0.2) is 22.8 Å². The van der Waals surface area contributed by atoms with Crippen molar-refractivity contribution >= 4 is 34.3 Å². The molecule has 1 saturated carbocycles. The highest BCUT2D eigenvalue weighted by Crippen LogP contribution is 2.36. The molecule has 0 unspecified atom stereocenters. The molecule has 1 atom stereocenters. The van der Waals surface area contributed by atoms with E-state index in [9.17, 15) is 9.59 Å². The smallest absolute Gasteiger partial charge is 0.320 e. The Bertz CT molecular complexity index is 275. The summed E-state index contributed by atoms with van der Waals surface area (Å²) >= 11 is 2.09. The Kier molecular flexibility index (Phi) is 4.76. The number of hydrogen-bond acceptors (Lipinski definition) is 3. The maximum absolute atomic E-state index is 11.8. The number of ketones is 1. The van der Waals surface area contributed by atoms with E-state index in [4.69, 9.17) is 4.74 Å². The lowest BCUT2D eigenvalue weighted by molar-refractivity contribution is -0.159. The van der Waals surface area contributed by atoms with Crippen LogP contribution in [0.2, 0.25) is 0 Å². The predicted octanol–water partition coefficient (Wildman–Crippen LogP) is 2.28. The number of carbonyl (C=O) groups excluding carboxylic acids is 2. The quantitative estimate of drug-likeness (QED) is 0.262. The van der Waals surface area contributed by atoms with E-state index in [1.54, 1.807) is 0 Å². The van der Waals surface area contributed by atoms with Crippen LogP contribution in [0, 0.1) is 5.41 Å². The molecule has 4 heteroatoms. The highest BCUT2D eigenvalue weighted by molar-refractivity contribution is 14.1. The second-order valence-corrected chi connectivity index (χ2v) is 4.50. The van der Waals surface area contributed by atoms with Crippen molar-refractivity contribution in [1.29, 1.82) is 0 Å². The third kappa shape index (κ3) is 2.59. The zero-order valence-electron chi connectivity index (χ0n) is 8.63. The van der Waals surface area contributed by atoms with Crippen LogP contribution < -0.4 is 0 Å². The standard InChI is InChI=1S/C11H15IO3/c1-2-7-15-10(14)11(8-12)6-4-3-5-9(11)13/h2H,1,3-8H2/t11-/m1/s1. The first-order chi connectivity index (χ1) is 7.17. The van der Waals surface area contributed by atoms with Gasteiger partial charge < -0.3 is 4.74 Å². The summed E-state index contributed by atoms with van der Waals surface area (Å²) in [6, 6.07) is 0. The molecule has 1 aliphatic rings. The molecule has 0 aromatic heterocycles. The number of Topliss-reactive ketones (excluding diaryl/α,β-unsaturated/α-hetero) is 1. The Morgan fingerprint density at radius 3 is 2.87 bits per heavy atom. The van der Waals surface area contributed by atoms with Crippen LogP contribution in [0.5, 0.6) is 0 Å². The van der Waals surface area contributed by atoms with E-state index in [0.717, 1.165) is 12.8 Å². The molecule has 3 nitrogen and oxygen atoms in total. The monoisotopic (exact) mass is 322 g/mol. The summed E-state index contributed by atoms with van der Waals surface area (Å²) in [6.07, 6.45) is 4.48. The first-order valence-corrected chi connectivity index (χ1v) is 6.57. The average molecular weight is 322 g/mol. The van der Waals surface area contributed by atoms with Crippen molar-refractivity contribution in [1.82, 2.24) is 0 Å². The fraction of sp³-hybridized carbons (Fsp3) is 0.636. The normalized spacial score (nSPS) is 26.1. The molecule has 0 spiro atoms. The summed E-state index contributed by atoms with van der Waals surface area (Å²) in [5.74, 6) is -0.335. The fourth-order valence-corrected chi connectivity index (χ4v) is 2.89. The van der Waals surface area contributed by atoms with Crippen molar-refractivity contribution in [2.24, 2.45) is 5.41 Å². The van der Waals surface area contributed by atoms with Crippen LogP contribution in [0.25, 0.3) is 0 Å². The van der Waals surface area contributed by atoms with Crippen molar-refractivity contribution < 1.29 is 14.3 Å². The number of carbonyl (C=O) groups is 2. The van der Waals surface area contributed by atoms with Gasteiger partial charge in [0.15, 0.2) is 5.78 Å². The Balaban J connectivity index is 2.77. The Morgan fingerprint density at radius 2 is 2.33 bits per heavy atom. The molecule has 0 aromatic carbocycles. The van der Waals surface area contributed by atoms with Gasteiger partial charge in [0.2, 0.25) is 0 Å². The summed E-state index contributed by atoms with van der Waals surface area (Å²) in [7, 11) is 0. The molecular weight excluding hydrogens is 307 g/mol. The average Bonchev–Trinajstić information content (AvgIpc) is 2.27. The zero-order chi connectivity index (χ0) is 11.3. The molecule has 1 rings (SSSR count). The van der Waals surface area contributed by atoms with Gasteiger partial charge in [-0.1, -0.05) is 41.7 Å². The highest BCUT2D eigenvalue weighted by atomic mass is 127. The molecule has 0 aliphatic heterocycles. The lowest BCUT2D eigenvalue weighted by atomic mass is 9.74. The van der Waals surface area contributed by atoms with Gasteiger partial charge in [0.05, 0.1) is 0 Å². The Morgan fingerprint density at radius 1 is 1.60 bits per heavy atom. The van der Waals surface area contributed by atoms with Crippen LogP contribution in [0.15, 0.2) is 12.7 Å². The van der Waals surface area contributed by atoms with E-state index in [0.29, 0.717) is 17.3 Å². The van der Waals surface area contributed by atoms with E-state index in [2.05, 4.69) is 29.2 Å². The predicted molar refractivity (Wildman–Crippen MR) is 66.0 cm³/mol. The van der Waals surface area contributed by atoms with Gasteiger partial charge in [0, 0.05) is 10.8 Å². The lowest BCUT2D eigenvalue weighted by Gasteiger charge is -2.31. The van der Waals surface area contributed by atoms with E-state index >= 15 is 0 Å². The molecule has 15 heavy (non-hydrogen) atoms. The second kappa shape index (κ2) is 5.63. The van der Waals surface area contributed by atoms with E-state index < -0.39 is 5.41 Å². The summed E-state index contributed by atoms with van der Waals surface area (Å²) in [6.45, 7) is 3.67. The van der Waals surface area contributed by atoms with Crippen LogP contribution >= 0.6 is 22.6 Å². The SMILES string of the molecule is C=CCOC(=O)[C@@]1(CI)CCCCC1=O. The molecule has 0 N–H and O–H groups in total. The molecule has 1 fully saturated rings. The van der Waals surface area contributed by atoms with Crippen molar-refractivity contribution in [2.75, 3.05) is 11.0 Å². The summed E-state index contributed by atoms with van der Waals surface area (Å²) in [5, 5.41) is 0. The fourth-order valence-electron chi connectivity index (χ4n) is 1.78. The van der Waals surface area contributed by atoms with Crippen molar-refractivity contribution in [2.45, 2.75) is 25.7 Å². The van der Waals surface area contributed by atoms with E-state index in [1.165, 1.54) is 6.08 Å². The lowest BCUT2D eigenvalue weighted by Crippen LogP contribution is -2.44. The number of ether oxygens (including phenoxy) is 1. The third-order valence-electron chi connectivity index (χ3n) is 2.74. The second-order valence-electron chi connectivity index (χ2n) is 3.73. The van der Waals surface area contributed by atoms with Crippen LogP contribution in [-0.2, 0) is 14.3 Å². The topological polar surface area (TPSA) is 43.4 Å². The van der Waals surface area contributed by atoms with Gasteiger partial charge >= 0.3 is 5.97 Å². The van der Waals surface area contributed by atoms with Crippen LogP contribution in [0.1, 0.15) is 25.7 Å². The molecule has 1 aliphatic carbocycles. The van der Waals surface area contributed by atoms with Gasteiger partial charge in [-0.2, -0.15) is 0 Å². The van der Waals surface area contributed by atoms with Gasteiger partial charge in [0.1, 0.15) is 12.0 Å². The first-order valence-electron chi connectivity index (χ1n) is 5.05. The highest BCUT2D eigenvalue weighted by Gasteiger charge is 2.46. The number of hydrogen-bond donors (Lipinski definition) is 0. The van der Waals surface area contributed by atoms with Crippen LogP contribution in [0.3, 0.4) is 0 Å². The maximum Gasteiger partial charge on any atom is 0.320 e. The minimum absolute atomic E-state index is 0.0391. The summed E-state index contributed by atoms with van der Waals surface area (Å²) in [4.78, 5) is 23.6. The van der Waals surface area contributed by atoms with Gasteiger partial charge in [0.25, 0.3) is 0 Å². The third-order valence-corrected chi connectivity index (χ3v) is 4.04. The van der Waals surface area contributed by atoms with Gasteiger partial charge in [-0.3, -0.25) is 9.59 Å². The Labute approximate surface area is 103 Å².